The number of hydrogen-bond donors (Lipinski definition) is 0. The first-order chi connectivity index (χ1) is 9.45. The van der Waals surface area contributed by atoms with Crippen LogP contribution in [-0.2, 0) is 6.54 Å². The van der Waals surface area contributed by atoms with Gasteiger partial charge in [0.15, 0.2) is 0 Å². The van der Waals surface area contributed by atoms with Crippen LogP contribution >= 0.6 is 0 Å². The van der Waals surface area contributed by atoms with Gasteiger partial charge in [-0.1, -0.05) is 36.4 Å². The summed E-state index contributed by atoms with van der Waals surface area (Å²) in [5.41, 5.74) is 2.30. The quantitative estimate of drug-likeness (QED) is 0.798. The molecule has 1 fully saturated rings. The maximum absolute atomic E-state index is 12.5. The van der Waals surface area contributed by atoms with Crippen LogP contribution in [0.15, 0.2) is 36.4 Å². The van der Waals surface area contributed by atoms with Crippen LogP contribution in [0, 0.1) is 12.8 Å². The van der Waals surface area contributed by atoms with Gasteiger partial charge in [0.2, 0.25) is 0 Å². The molecule has 1 heterocycles. The number of alkyl halides is 3. The Hall–Kier alpha value is -1.55. The Morgan fingerprint density at radius 1 is 1.05 bits per heavy atom. The molecular weight excluding hydrogens is 263 g/mol. The molecule has 3 rings (SSSR count). The van der Waals surface area contributed by atoms with Crippen molar-refractivity contribution < 1.29 is 13.2 Å². The number of rotatable bonds is 2. The van der Waals surface area contributed by atoms with E-state index in [1.165, 1.54) is 10.9 Å². The van der Waals surface area contributed by atoms with E-state index in [1.807, 2.05) is 35.2 Å². The van der Waals surface area contributed by atoms with Crippen molar-refractivity contribution in [2.75, 3.05) is 13.1 Å². The van der Waals surface area contributed by atoms with Gasteiger partial charge >= 0.3 is 6.18 Å². The highest BCUT2D eigenvalue weighted by molar-refractivity contribution is 5.88. The molecule has 20 heavy (non-hydrogen) atoms. The molecule has 4 heteroatoms. The summed E-state index contributed by atoms with van der Waals surface area (Å²) >= 11 is 0. The van der Waals surface area contributed by atoms with Crippen molar-refractivity contribution in [1.29, 1.82) is 0 Å². The monoisotopic (exact) mass is 279 g/mol. The van der Waals surface area contributed by atoms with E-state index in [0.29, 0.717) is 6.54 Å². The van der Waals surface area contributed by atoms with Gasteiger partial charge < -0.3 is 0 Å². The third-order valence-corrected chi connectivity index (χ3v) is 4.05. The van der Waals surface area contributed by atoms with Crippen molar-refractivity contribution in [1.82, 2.24) is 4.90 Å². The molecule has 0 aromatic heterocycles. The fourth-order valence-electron chi connectivity index (χ4n) is 2.80. The summed E-state index contributed by atoms with van der Waals surface area (Å²) in [5.74, 6) is -1.15. The van der Waals surface area contributed by atoms with E-state index >= 15 is 0 Å². The van der Waals surface area contributed by atoms with Gasteiger partial charge in [-0.3, -0.25) is 4.90 Å². The molecule has 2 aromatic rings. The molecule has 0 radical (unpaired) electrons. The Morgan fingerprint density at radius 2 is 1.70 bits per heavy atom. The van der Waals surface area contributed by atoms with Crippen molar-refractivity contribution in [3.63, 3.8) is 0 Å². The van der Waals surface area contributed by atoms with Crippen LogP contribution in [0.2, 0.25) is 0 Å². The Kier molecular flexibility index (Phi) is 3.21. The molecule has 0 amide bonds. The average Bonchev–Trinajstić information content (AvgIpc) is 2.34. The number of fused-ring (bicyclic) bond motifs is 1. The Morgan fingerprint density at radius 3 is 2.35 bits per heavy atom. The largest absolute Gasteiger partial charge is 0.394 e. The fourth-order valence-corrected chi connectivity index (χ4v) is 2.80. The summed E-state index contributed by atoms with van der Waals surface area (Å²) in [6, 6.07) is 12.1. The molecule has 2 aromatic carbocycles. The summed E-state index contributed by atoms with van der Waals surface area (Å²) in [5, 5.41) is 2.32. The topological polar surface area (TPSA) is 3.24 Å². The van der Waals surface area contributed by atoms with Crippen molar-refractivity contribution in [3.05, 3.63) is 47.5 Å². The SMILES string of the molecule is Cc1ccc(CN2CC(C(F)(F)F)C2)c2ccccc12. The fraction of sp³-hybridized carbons (Fsp3) is 0.375. The van der Waals surface area contributed by atoms with Gasteiger partial charge in [-0.25, -0.2) is 0 Å². The summed E-state index contributed by atoms with van der Waals surface area (Å²) in [4.78, 5) is 1.86. The van der Waals surface area contributed by atoms with Crippen molar-refractivity contribution in [2.45, 2.75) is 19.6 Å². The van der Waals surface area contributed by atoms with E-state index in [-0.39, 0.29) is 13.1 Å². The van der Waals surface area contributed by atoms with Gasteiger partial charge in [0.25, 0.3) is 0 Å². The first kappa shape index (κ1) is 13.4. The molecule has 1 aliphatic rings. The maximum Gasteiger partial charge on any atom is 0.394 e. The Balaban J connectivity index is 1.78. The third-order valence-electron chi connectivity index (χ3n) is 4.05. The lowest BCUT2D eigenvalue weighted by Gasteiger charge is -2.40. The lowest BCUT2D eigenvalue weighted by molar-refractivity contribution is -0.210. The van der Waals surface area contributed by atoms with Gasteiger partial charge in [-0.2, -0.15) is 13.2 Å². The Bertz CT molecular complexity index is 627. The van der Waals surface area contributed by atoms with E-state index in [9.17, 15) is 13.2 Å². The van der Waals surface area contributed by atoms with Crippen LogP contribution in [0.1, 0.15) is 11.1 Å². The molecule has 0 unspecified atom stereocenters. The zero-order valence-corrected chi connectivity index (χ0v) is 11.2. The molecule has 0 saturated carbocycles. The van der Waals surface area contributed by atoms with Crippen LogP contribution in [0.25, 0.3) is 10.8 Å². The molecule has 0 bridgehead atoms. The highest BCUT2D eigenvalue weighted by Crippen LogP contribution is 2.35. The number of hydrogen-bond acceptors (Lipinski definition) is 1. The maximum atomic E-state index is 12.5. The number of benzene rings is 2. The number of likely N-dealkylation sites (tertiary alicyclic amines) is 1. The highest BCUT2D eigenvalue weighted by Gasteiger charge is 2.46. The summed E-state index contributed by atoms with van der Waals surface area (Å²) in [7, 11) is 0. The zero-order valence-electron chi connectivity index (χ0n) is 11.2. The zero-order chi connectivity index (χ0) is 14.3. The van der Waals surface area contributed by atoms with Gasteiger partial charge in [-0.15, -0.1) is 0 Å². The molecule has 0 aliphatic carbocycles. The number of halogens is 3. The Labute approximate surface area is 116 Å². The normalized spacial score (nSPS) is 17.4. The minimum Gasteiger partial charge on any atom is -0.298 e. The molecule has 1 nitrogen and oxygen atoms in total. The number of nitrogens with zero attached hydrogens (tertiary/aromatic N) is 1. The second-order valence-electron chi connectivity index (χ2n) is 5.52. The molecule has 0 spiro atoms. The van der Waals surface area contributed by atoms with Gasteiger partial charge in [0.05, 0.1) is 5.92 Å². The molecular formula is C16H16F3N. The van der Waals surface area contributed by atoms with Crippen molar-refractivity contribution in [2.24, 2.45) is 5.92 Å². The van der Waals surface area contributed by atoms with Gasteiger partial charge in [-0.05, 0) is 28.8 Å². The van der Waals surface area contributed by atoms with E-state index in [0.717, 1.165) is 10.9 Å². The minimum atomic E-state index is -4.05. The van der Waals surface area contributed by atoms with Crippen LogP contribution in [-0.4, -0.2) is 24.2 Å². The minimum absolute atomic E-state index is 0.117. The first-order valence-electron chi connectivity index (χ1n) is 6.71. The van der Waals surface area contributed by atoms with Crippen LogP contribution in [0.4, 0.5) is 13.2 Å². The van der Waals surface area contributed by atoms with Gasteiger partial charge in [0, 0.05) is 19.6 Å². The molecule has 0 atom stereocenters. The smallest absolute Gasteiger partial charge is 0.298 e. The first-order valence-corrected chi connectivity index (χ1v) is 6.71. The predicted octanol–water partition coefficient (Wildman–Crippen LogP) is 4.14. The van der Waals surface area contributed by atoms with Crippen molar-refractivity contribution in [3.8, 4) is 0 Å². The second kappa shape index (κ2) is 4.77. The summed E-state index contributed by atoms with van der Waals surface area (Å²) in [6.45, 7) is 2.88. The molecule has 106 valence electrons. The lowest BCUT2D eigenvalue weighted by atomic mass is 9.96. The summed E-state index contributed by atoms with van der Waals surface area (Å²) in [6.07, 6.45) is -4.05. The van der Waals surface area contributed by atoms with E-state index in [1.54, 1.807) is 0 Å². The van der Waals surface area contributed by atoms with Crippen LogP contribution in [0.3, 0.4) is 0 Å². The summed E-state index contributed by atoms with van der Waals surface area (Å²) < 4.78 is 37.5. The highest BCUT2D eigenvalue weighted by atomic mass is 19.4. The molecule has 1 saturated heterocycles. The van der Waals surface area contributed by atoms with E-state index in [4.69, 9.17) is 0 Å². The lowest BCUT2D eigenvalue weighted by Crippen LogP contribution is -2.52. The third kappa shape index (κ3) is 2.40. The van der Waals surface area contributed by atoms with Crippen LogP contribution in [0.5, 0.6) is 0 Å². The van der Waals surface area contributed by atoms with Gasteiger partial charge in [0.1, 0.15) is 0 Å². The standard InChI is InChI=1S/C16H16F3N/c1-11-6-7-12(15-5-3-2-4-14(11)15)8-20-9-13(10-20)16(17,18)19/h2-7,13H,8-10H2,1H3. The van der Waals surface area contributed by atoms with E-state index in [2.05, 4.69) is 13.0 Å². The molecule has 1 aliphatic heterocycles. The molecule has 0 N–H and O–H groups in total. The van der Waals surface area contributed by atoms with E-state index < -0.39 is 12.1 Å². The number of aryl methyl sites for hydroxylation is 1. The second-order valence-corrected chi connectivity index (χ2v) is 5.52. The van der Waals surface area contributed by atoms with Crippen molar-refractivity contribution >= 4 is 10.8 Å². The van der Waals surface area contributed by atoms with Crippen LogP contribution < -0.4 is 0 Å². The predicted molar refractivity (Wildman–Crippen MR) is 73.5 cm³/mol. The average molecular weight is 279 g/mol.